The SMILES string of the molecule is C[C@@H]1C(=O)NCCN1CC(=O)N1CCCCC1. The molecule has 5 heteroatoms. The zero-order chi connectivity index (χ0) is 12.3. The number of carbonyl (C=O) groups is 2. The predicted octanol–water partition coefficient (Wildman–Crippen LogP) is -0.181. The molecule has 5 nitrogen and oxygen atoms in total. The van der Waals surface area contributed by atoms with Crippen molar-refractivity contribution < 1.29 is 9.59 Å². The zero-order valence-electron chi connectivity index (χ0n) is 10.4. The minimum atomic E-state index is -0.183. The van der Waals surface area contributed by atoms with Gasteiger partial charge in [-0.05, 0) is 26.2 Å². The Labute approximate surface area is 102 Å². The lowest BCUT2D eigenvalue weighted by Gasteiger charge is -2.34. The highest BCUT2D eigenvalue weighted by Crippen LogP contribution is 2.10. The fourth-order valence-corrected chi connectivity index (χ4v) is 2.46. The molecule has 0 aromatic heterocycles. The predicted molar refractivity (Wildman–Crippen MR) is 64.5 cm³/mol. The summed E-state index contributed by atoms with van der Waals surface area (Å²) in [5, 5.41) is 2.81. The summed E-state index contributed by atoms with van der Waals surface area (Å²) in [4.78, 5) is 27.5. The molecule has 0 aromatic carbocycles. The van der Waals surface area contributed by atoms with Gasteiger partial charge in [0.15, 0.2) is 0 Å². The third-order valence-corrected chi connectivity index (χ3v) is 3.67. The number of carbonyl (C=O) groups excluding carboxylic acids is 2. The summed E-state index contributed by atoms with van der Waals surface area (Å²) < 4.78 is 0. The van der Waals surface area contributed by atoms with Crippen molar-refractivity contribution in [3.05, 3.63) is 0 Å². The Bertz CT molecular complexity index is 300. The van der Waals surface area contributed by atoms with Crippen molar-refractivity contribution in [2.24, 2.45) is 0 Å². The smallest absolute Gasteiger partial charge is 0.237 e. The topological polar surface area (TPSA) is 52.7 Å². The van der Waals surface area contributed by atoms with Crippen molar-refractivity contribution in [3.8, 4) is 0 Å². The summed E-state index contributed by atoms with van der Waals surface area (Å²) in [7, 11) is 0. The normalized spacial score (nSPS) is 26.8. The van der Waals surface area contributed by atoms with Crippen LogP contribution in [0.15, 0.2) is 0 Å². The van der Waals surface area contributed by atoms with Crippen LogP contribution in [0.4, 0.5) is 0 Å². The van der Waals surface area contributed by atoms with Crippen molar-refractivity contribution in [2.75, 3.05) is 32.7 Å². The maximum Gasteiger partial charge on any atom is 0.237 e. The lowest BCUT2D eigenvalue weighted by molar-refractivity contribution is -0.136. The van der Waals surface area contributed by atoms with Crippen molar-refractivity contribution in [2.45, 2.75) is 32.2 Å². The maximum atomic E-state index is 12.1. The second kappa shape index (κ2) is 5.49. The quantitative estimate of drug-likeness (QED) is 0.727. The van der Waals surface area contributed by atoms with Gasteiger partial charge in [-0.3, -0.25) is 14.5 Å². The third-order valence-electron chi connectivity index (χ3n) is 3.67. The highest BCUT2D eigenvalue weighted by atomic mass is 16.2. The van der Waals surface area contributed by atoms with Crippen LogP contribution in [-0.2, 0) is 9.59 Å². The van der Waals surface area contributed by atoms with Crippen LogP contribution >= 0.6 is 0 Å². The van der Waals surface area contributed by atoms with Crippen LogP contribution in [0.1, 0.15) is 26.2 Å². The van der Waals surface area contributed by atoms with Gasteiger partial charge < -0.3 is 10.2 Å². The summed E-state index contributed by atoms with van der Waals surface area (Å²) >= 11 is 0. The van der Waals surface area contributed by atoms with Gasteiger partial charge in [-0.2, -0.15) is 0 Å². The molecule has 96 valence electrons. The van der Waals surface area contributed by atoms with Gasteiger partial charge in [0.25, 0.3) is 0 Å². The molecule has 2 saturated heterocycles. The second-order valence-corrected chi connectivity index (χ2v) is 4.88. The van der Waals surface area contributed by atoms with E-state index < -0.39 is 0 Å². The summed E-state index contributed by atoms with van der Waals surface area (Å²) in [5.74, 6) is 0.203. The first-order valence-corrected chi connectivity index (χ1v) is 6.48. The molecule has 2 amide bonds. The molecule has 2 fully saturated rings. The molecule has 0 unspecified atom stereocenters. The fourth-order valence-electron chi connectivity index (χ4n) is 2.46. The Balaban J connectivity index is 1.86. The molecular formula is C12H21N3O2. The number of hydrogen-bond donors (Lipinski definition) is 1. The van der Waals surface area contributed by atoms with Gasteiger partial charge >= 0.3 is 0 Å². The van der Waals surface area contributed by atoms with E-state index in [9.17, 15) is 9.59 Å². The molecule has 0 aliphatic carbocycles. The van der Waals surface area contributed by atoms with Crippen LogP contribution in [0.2, 0.25) is 0 Å². The average Bonchev–Trinajstić information content (AvgIpc) is 2.36. The Kier molecular flexibility index (Phi) is 3.99. The van der Waals surface area contributed by atoms with Gasteiger partial charge in [0.1, 0.15) is 0 Å². The molecule has 1 N–H and O–H groups in total. The van der Waals surface area contributed by atoms with E-state index >= 15 is 0 Å². The lowest BCUT2D eigenvalue weighted by Crippen LogP contribution is -2.56. The minimum absolute atomic E-state index is 0.0303. The first-order chi connectivity index (χ1) is 8.18. The highest BCUT2D eigenvalue weighted by Gasteiger charge is 2.28. The average molecular weight is 239 g/mol. The van der Waals surface area contributed by atoms with E-state index in [1.165, 1.54) is 6.42 Å². The Hall–Kier alpha value is -1.10. The van der Waals surface area contributed by atoms with Gasteiger partial charge in [-0.25, -0.2) is 0 Å². The van der Waals surface area contributed by atoms with Crippen LogP contribution in [0.25, 0.3) is 0 Å². The zero-order valence-corrected chi connectivity index (χ0v) is 10.4. The van der Waals surface area contributed by atoms with E-state index in [-0.39, 0.29) is 17.9 Å². The van der Waals surface area contributed by atoms with Crippen LogP contribution < -0.4 is 5.32 Å². The van der Waals surface area contributed by atoms with Gasteiger partial charge in [-0.15, -0.1) is 0 Å². The maximum absolute atomic E-state index is 12.1. The van der Waals surface area contributed by atoms with E-state index in [1.807, 2.05) is 16.7 Å². The molecule has 2 rings (SSSR count). The number of piperazine rings is 1. The summed E-state index contributed by atoms with van der Waals surface area (Å²) in [5.41, 5.74) is 0. The standard InChI is InChI=1S/C12H21N3O2/c1-10-12(17)13-5-8-15(10)9-11(16)14-6-3-2-4-7-14/h10H,2-9H2,1H3,(H,13,17)/t10-/m1/s1. The van der Waals surface area contributed by atoms with Crippen LogP contribution in [0.3, 0.4) is 0 Å². The Morgan fingerprint density at radius 3 is 2.71 bits per heavy atom. The molecule has 0 bridgehead atoms. The van der Waals surface area contributed by atoms with Gasteiger partial charge in [0, 0.05) is 26.2 Å². The number of nitrogens with one attached hydrogen (secondary N) is 1. The largest absolute Gasteiger partial charge is 0.353 e. The highest BCUT2D eigenvalue weighted by molar-refractivity contribution is 5.84. The minimum Gasteiger partial charge on any atom is -0.353 e. The molecule has 2 heterocycles. The van der Waals surface area contributed by atoms with Crippen LogP contribution in [0, 0.1) is 0 Å². The molecule has 0 saturated carbocycles. The molecule has 17 heavy (non-hydrogen) atoms. The van der Waals surface area contributed by atoms with Crippen molar-refractivity contribution in [3.63, 3.8) is 0 Å². The number of rotatable bonds is 2. The van der Waals surface area contributed by atoms with E-state index in [0.29, 0.717) is 13.1 Å². The molecule has 0 aromatic rings. The van der Waals surface area contributed by atoms with Gasteiger partial charge in [0.05, 0.1) is 12.6 Å². The van der Waals surface area contributed by atoms with E-state index in [2.05, 4.69) is 5.32 Å². The van der Waals surface area contributed by atoms with Crippen molar-refractivity contribution in [1.82, 2.24) is 15.1 Å². The lowest BCUT2D eigenvalue weighted by atomic mass is 10.1. The third kappa shape index (κ3) is 2.97. The molecular weight excluding hydrogens is 218 g/mol. The van der Waals surface area contributed by atoms with Gasteiger partial charge in [-0.1, -0.05) is 0 Å². The Morgan fingerprint density at radius 2 is 2.00 bits per heavy atom. The van der Waals surface area contributed by atoms with E-state index in [4.69, 9.17) is 0 Å². The summed E-state index contributed by atoms with van der Waals surface area (Å²) in [6.45, 7) is 5.43. The summed E-state index contributed by atoms with van der Waals surface area (Å²) in [6, 6.07) is -0.183. The Morgan fingerprint density at radius 1 is 1.29 bits per heavy atom. The summed E-state index contributed by atoms with van der Waals surface area (Å²) in [6.07, 6.45) is 3.45. The number of likely N-dealkylation sites (tertiary alicyclic amines) is 1. The van der Waals surface area contributed by atoms with Gasteiger partial charge in [0.2, 0.25) is 11.8 Å². The fraction of sp³-hybridized carbons (Fsp3) is 0.833. The number of piperidine rings is 1. The second-order valence-electron chi connectivity index (χ2n) is 4.88. The van der Waals surface area contributed by atoms with E-state index in [0.717, 1.165) is 32.5 Å². The first kappa shape index (κ1) is 12.4. The number of hydrogen-bond acceptors (Lipinski definition) is 3. The molecule has 2 aliphatic heterocycles. The molecule has 0 spiro atoms. The van der Waals surface area contributed by atoms with Crippen molar-refractivity contribution >= 4 is 11.8 Å². The van der Waals surface area contributed by atoms with Crippen LogP contribution in [0.5, 0.6) is 0 Å². The number of amides is 2. The number of nitrogens with zero attached hydrogens (tertiary/aromatic N) is 2. The molecule has 2 aliphatic rings. The first-order valence-electron chi connectivity index (χ1n) is 6.48. The molecule has 1 atom stereocenters. The van der Waals surface area contributed by atoms with E-state index in [1.54, 1.807) is 0 Å². The molecule has 0 radical (unpaired) electrons. The van der Waals surface area contributed by atoms with Crippen molar-refractivity contribution in [1.29, 1.82) is 0 Å². The van der Waals surface area contributed by atoms with Crippen LogP contribution in [-0.4, -0.2) is 60.4 Å². The monoisotopic (exact) mass is 239 g/mol.